The van der Waals surface area contributed by atoms with Gasteiger partial charge in [-0.2, -0.15) is 11.3 Å². The van der Waals surface area contributed by atoms with E-state index in [1.165, 1.54) is 34.0 Å². The van der Waals surface area contributed by atoms with Crippen LogP contribution in [0.3, 0.4) is 0 Å². The fourth-order valence-electron chi connectivity index (χ4n) is 6.52. The van der Waals surface area contributed by atoms with Crippen LogP contribution < -0.4 is 5.19 Å². The number of thiophene rings is 1. The number of rotatable bonds is 7. The van der Waals surface area contributed by atoms with Gasteiger partial charge in [-0.3, -0.25) is 0 Å². The Morgan fingerprint density at radius 2 is 1.57 bits per heavy atom. The van der Waals surface area contributed by atoms with Gasteiger partial charge in [-0.25, -0.2) is 4.39 Å². The molecule has 273 valence electrons. The maximum Gasteiger partial charge on any atom is 0.123 e. The van der Waals surface area contributed by atoms with Crippen LogP contribution in [-0.2, 0) is 26.5 Å². The first-order valence-electron chi connectivity index (χ1n) is 19.4. The zero-order valence-electron chi connectivity index (χ0n) is 34.0. The Kier molecular flexibility index (Phi) is 11.0. The van der Waals surface area contributed by atoms with Gasteiger partial charge in [0.05, 0.1) is 8.07 Å². The zero-order valence-corrected chi connectivity index (χ0v) is 35.2. The third kappa shape index (κ3) is 8.69. The topological polar surface area (TPSA) is 25.8 Å². The number of nitrogens with zero attached hydrogens (tertiary/aromatic N) is 2. The number of pyridine rings is 2. The second-order valence-corrected chi connectivity index (χ2v) is 20.9. The Balaban J connectivity index is 0.000000207. The number of halogens is 1. The van der Waals surface area contributed by atoms with E-state index in [0.717, 1.165) is 54.8 Å². The van der Waals surface area contributed by atoms with Gasteiger partial charge < -0.3 is 9.97 Å². The molecular weight excluding hydrogens is 876 g/mol. The zero-order chi connectivity index (χ0) is 39.6. The van der Waals surface area contributed by atoms with Gasteiger partial charge in [0.2, 0.25) is 0 Å². The first-order valence-corrected chi connectivity index (χ1v) is 22.2. The summed E-state index contributed by atoms with van der Waals surface area (Å²) in [5.41, 5.74) is 9.35. The number of hydrogen-bond acceptors (Lipinski definition) is 3. The SMILES string of the molecule is C[Si](C)(C)c1ccc(-c2[c-]ccc(-c3ccccc3)c2)nc1.[2H]C([2H])([2H])c1c[c-]c(-c2cc(CC(C)C)ccn2)c2sc3c(-c4ccc(F)cc4)cccc3c12.[Ir]. The molecule has 2 nitrogen and oxygen atoms in total. The summed E-state index contributed by atoms with van der Waals surface area (Å²) in [6, 6.07) is 45.5. The summed E-state index contributed by atoms with van der Waals surface area (Å²) in [7, 11) is -1.29. The fraction of sp³-hybridized carbons (Fsp3) is 0.167. The van der Waals surface area contributed by atoms with Crippen molar-refractivity contribution in [3.8, 4) is 44.8 Å². The van der Waals surface area contributed by atoms with Gasteiger partial charge in [-0.05, 0) is 73.9 Å². The Morgan fingerprint density at radius 3 is 2.28 bits per heavy atom. The van der Waals surface area contributed by atoms with E-state index in [2.05, 4.69) is 110 Å². The minimum atomic E-state index is -2.28. The van der Waals surface area contributed by atoms with Crippen molar-refractivity contribution < 1.29 is 28.6 Å². The van der Waals surface area contributed by atoms with Gasteiger partial charge in [0.25, 0.3) is 0 Å². The Morgan fingerprint density at radius 1 is 0.778 bits per heavy atom. The molecule has 0 N–H and O–H groups in total. The first-order chi connectivity index (χ1) is 26.8. The van der Waals surface area contributed by atoms with Crippen molar-refractivity contribution >= 4 is 44.8 Å². The normalized spacial score (nSPS) is 12.4. The second-order valence-electron chi connectivity index (χ2n) is 14.8. The number of aromatic nitrogens is 2. The van der Waals surface area contributed by atoms with E-state index in [9.17, 15) is 4.39 Å². The first kappa shape index (κ1) is 35.1. The van der Waals surface area contributed by atoms with E-state index in [0.29, 0.717) is 11.3 Å². The smallest absolute Gasteiger partial charge is 0.123 e. The molecule has 0 amide bonds. The molecular formula is C48H43FIrN2SSi-2. The van der Waals surface area contributed by atoms with Gasteiger partial charge in [-0.1, -0.05) is 130 Å². The van der Waals surface area contributed by atoms with Gasteiger partial charge in [0.1, 0.15) is 5.82 Å². The molecule has 0 saturated carbocycles. The molecule has 5 aromatic carbocycles. The monoisotopic (exact) mass is 922 g/mol. The van der Waals surface area contributed by atoms with Gasteiger partial charge >= 0.3 is 0 Å². The van der Waals surface area contributed by atoms with Crippen LogP contribution in [0.25, 0.3) is 64.9 Å². The molecule has 0 atom stereocenters. The second kappa shape index (κ2) is 16.8. The Labute approximate surface area is 341 Å². The summed E-state index contributed by atoms with van der Waals surface area (Å²) in [6.07, 6.45) is 4.78. The average molecular weight is 922 g/mol. The molecule has 3 aromatic heterocycles. The molecule has 0 aliphatic carbocycles. The summed E-state index contributed by atoms with van der Waals surface area (Å²) in [5.74, 6) is 0.223. The number of fused-ring (bicyclic) bond motifs is 3. The quantitative estimate of drug-likeness (QED) is 0.118. The van der Waals surface area contributed by atoms with E-state index < -0.39 is 14.9 Å². The molecule has 0 fully saturated rings. The van der Waals surface area contributed by atoms with Crippen LogP contribution in [0.4, 0.5) is 4.39 Å². The van der Waals surface area contributed by atoms with Crippen molar-refractivity contribution in [2.24, 2.45) is 5.92 Å². The molecule has 0 bridgehead atoms. The minimum Gasteiger partial charge on any atom is -0.305 e. The van der Waals surface area contributed by atoms with Crippen molar-refractivity contribution in [3.63, 3.8) is 0 Å². The fourth-order valence-corrected chi connectivity index (χ4v) is 8.93. The van der Waals surface area contributed by atoms with E-state index in [-0.39, 0.29) is 31.5 Å². The van der Waals surface area contributed by atoms with Crippen LogP contribution in [0.15, 0.2) is 134 Å². The standard InChI is InChI=1S/C28H23FNS.C20H20NSi.Ir/c1-17(2)15-19-13-14-30-25(16-19)23-12-7-18(3)26-24-6-4-5-22(27(24)31-28(23)26)20-8-10-21(29)11-9-20;1-22(2,3)19-12-13-20(21-15-19)18-11-7-10-17(14-18)16-8-5-4-6-9-16;/h4-11,13-14,16-17H,15H2,1-3H3;4-10,12-15H,1-3H3;/q2*-1;/i3D3;;. The van der Waals surface area contributed by atoms with Crippen LogP contribution in [0.1, 0.15) is 29.1 Å². The van der Waals surface area contributed by atoms with Crippen molar-refractivity contribution in [2.45, 2.75) is 46.8 Å². The molecule has 1 radical (unpaired) electrons. The van der Waals surface area contributed by atoms with Gasteiger partial charge in [0.15, 0.2) is 0 Å². The summed E-state index contributed by atoms with van der Waals surface area (Å²) in [6.45, 7) is 9.10. The molecule has 8 aromatic rings. The third-order valence-corrected chi connectivity index (χ3v) is 12.6. The van der Waals surface area contributed by atoms with Crippen molar-refractivity contribution in [1.82, 2.24) is 9.97 Å². The summed E-state index contributed by atoms with van der Waals surface area (Å²) in [5, 5.41) is 2.98. The van der Waals surface area contributed by atoms with Crippen molar-refractivity contribution in [3.05, 3.63) is 163 Å². The van der Waals surface area contributed by atoms with Crippen molar-refractivity contribution in [1.29, 1.82) is 0 Å². The number of hydrogen-bond donors (Lipinski definition) is 0. The van der Waals surface area contributed by atoms with Crippen LogP contribution in [0.2, 0.25) is 19.6 Å². The predicted octanol–water partition coefficient (Wildman–Crippen LogP) is 13.0. The third-order valence-electron chi connectivity index (χ3n) is 9.27. The Bertz CT molecular complexity index is 2620. The van der Waals surface area contributed by atoms with Crippen LogP contribution in [0, 0.1) is 30.7 Å². The van der Waals surface area contributed by atoms with E-state index in [1.807, 2.05) is 48.8 Å². The molecule has 6 heteroatoms. The van der Waals surface area contributed by atoms with Crippen LogP contribution >= 0.6 is 11.3 Å². The molecule has 0 saturated heterocycles. The molecule has 0 aliphatic heterocycles. The molecule has 3 heterocycles. The van der Waals surface area contributed by atoms with E-state index in [1.54, 1.807) is 29.5 Å². The predicted molar refractivity (Wildman–Crippen MR) is 227 cm³/mol. The van der Waals surface area contributed by atoms with Crippen LogP contribution in [0.5, 0.6) is 0 Å². The van der Waals surface area contributed by atoms with Gasteiger partial charge in [-0.15, -0.1) is 58.7 Å². The summed E-state index contributed by atoms with van der Waals surface area (Å²) in [4.78, 5) is 9.27. The Hall–Kier alpha value is -4.58. The maximum atomic E-state index is 13.5. The minimum absolute atomic E-state index is 0. The van der Waals surface area contributed by atoms with Gasteiger partial charge in [0, 0.05) is 41.3 Å². The van der Waals surface area contributed by atoms with Crippen molar-refractivity contribution in [2.75, 3.05) is 0 Å². The average Bonchev–Trinajstić information content (AvgIpc) is 3.58. The molecule has 54 heavy (non-hydrogen) atoms. The molecule has 0 unspecified atom stereocenters. The maximum absolute atomic E-state index is 13.5. The van der Waals surface area contributed by atoms with E-state index >= 15 is 0 Å². The number of aryl methyl sites for hydroxylation is 1. The van der Waals surface area contributed by atoms with E-state index in [4.69, 9.17) is 4.11 Å². The molecule has 0 spiro atoms. The summed E-state index contributed by atoms with van der Waals surface area (Å²) >= 11 is 1.54. The molecule has 8 rings (SSSR count). The largest absolute Gasteiger partial charge is 0.305 e. The summed E-state index contributed by atoms with van der Waals surface area (Å²) < 4.78 is 39.8. The van der Waals surface area contributed by atoms with Crippen LogP contribution in [-0.4, -0.2) is 18.0 Å². The molecule has 0 aliphatic rings. The number of benzene rings is 5.